The second kappa shape index (κ2) is 8.40. The number of benzene rings is 5. The zero-order valence-electron chi connectivity index (χ0n) is 19.3. The van der Waals surface area contributed by atoms with E-state index in [9.17, 15) is 0 Å². The highest BCUT2D eigenvalue weighted by Gasteiger charge is 2.24. The van der Waals surface area contributed by atoms with Crippen LogP contribution in [0.15, 0.2) is 109 Å². The molecule has 0 saturated heterocycles. The maximum Gasteiger partial charge on any atom is 0.226 e. The number of fused-ring (bicyclic) bond motifs is 4. The van der Waals surface area contributed by atoms with E-state index in [-0.39, 0.29) is 5.28 Å². The van der Waals surface area contributed by atoms with Crippen molar-refractivity contribution in [1.82, 2.24) is 15.0 Å². The van der Waals surface area contributed by atoms with Crippen molar-refractivity contribution in [2.24, 2.45) is 0 Å². The molecule has 1 aliphatic carbocycles. The predicted octanol–water partition coefficient (Wildman–Crippen LogP) is 8.25. The van der Waals surface area contributed by atoms with Gasteiger partial charge in [0.25, 0.3) is 0 Å². The van der Waals surface area contributed by atoms with Gasteiger partial charge in [-0.3, -0.25) is 0 Å². The molecule has 6 aromatic rings. The Morgan fingerprint density at radius 1 is 0.528 bits per heavy atom. The van der Waals surface area contributed by atoms with Crippen molar-refractivity contribution < 1.29 is 0 Å². The van der Waals surface area contributed by atoms with Crippen LogP contribution in [0, 0.1) is 0 Å². The number of halogens is 1. The Balaban J connectivity index is 1.41. The van der Waals surface area contributed by atoms with E-state index in [1.807, 2.05) is 30.3 Å². The Labute approximate surface area is 214 Å². The van der Waals surface area contributed by atoms with Gasteiger partial charge in [0.15, 0.2) is 11.6 Å². The minimum Gasteiger partial charge on any atom is -0.208 e. The number of hydrogen-bond donors (Lipinski definition) is 0. The van der Waals surface area contributed by atoms with E-state index in [0.29, 0.717) is 11.6 Å². The molecule has 0 atom stereocenters. The third-order valence-corrected chi connectivity index (χ3v) is 7.06. The molecule has 36 heavy (non-hydrogen) atoms. The maximum absolute atomic E-state index is 6.40. The normalized spacial score (nSPS) is 11.9. The second-order valence-corrected chi connectivity index (χ2v) is 9.37. The highest BCUT2D eigenvalue weighted by atomic mass is 35.5. The van der Waals surface area contributed by atoms with E-state index in [1.54, 1.807) is 0 Å². The molecule has 0 N–H and O–H groups in total. The molecule has 3 nitrogen and oxygen atoms in total. The van der Waals surface area contributed by atoms with Crippen LogP contribution in [-0.2, 0) is 6.42 Å². The molecule has 1 heterocycles. The fourth-order valence-electron chi connectivity index (χ4n) is 5.25. The Kier molecular flexibility index (Phi) is 4.90. The van der Waals surface area contributed by atoms with Crippen LogP contribution in [0.5, 0.6) is 0 Å². The van der Waals surface area contributed by atoms with Gasteiger partial charge in [0, 0.05) is 11.1 Å². The van der Waals surface area contributed by atoms with Crippen LogP contribution in [0.4, 0.5) is 0 Å². The highest BCUT2D eigenvalue weighted by molar-refractivity contribution is 6.28. The molecule has 0 unspecified atom stereocenters. The van der Waals surface area contributed by atoms with Gasteiger partial charge in [0.05, 0.1) is 0 Å². The molecule has 1 aromatic heterocycles. The quantitative estimate of drug-likeness (QED) is 0.255. The summed E-state index contributed by atoms with van der Waals surface area (Å²) in [7, 11) is 0. The summed E-state index contributed by atoms with van der Waals surface area (Å²) in [5.41, 5.74) is 9.31. The average Bonchev–Trinajstić information content (AvgIpc) is 3.31. The van der Waals surface area contributed by atoms with Gasteiger partial charge in [-0.2, -0.15) is 9.97 Å². The fourth-order valence-corrected chi connectivity index (χ4v) is 5.41. The van der Waals surface area contributed by atoms with Crippen molar-refractivity contribution in [3.63, 3.8) is 0 Å². The van der Waals surface area contributed by atoms with Gasteiger partial charge in [-0.05, 0) is 68.2 Å². The van der Waals surface area contributed by atoms with Crippen LogP contribution in [0.1, 0.15) is 11.1 Å². The lowest BCUT2D eigenvalue weighted by atomic mass is 9.93. The largest absolute Gasteiger partial charge is 0.226 e. The second-order valence-electron chi connectivity index (χ2n) is 9.03. The first-order valence-corrected chi connectivity index (χ1v) is 12.3. The molecule has 0 spiro atoms. The van der Waals surface area contributed by atoms with Gasteiger partial charge in [-0.25, -0.2) is 4.98 Å². The summed E-state index contributed by atoms with van der Waals surface area (Å²) in [4.78, 5) is 13.8. The third-order valence-electron chi connectivity index (χ3n) is 6.89. The average molecular weight is 482 g/mol. The molecule has 0 radical (unpaired) electrons. The molecule has 0 aliphatic heterocycles. The molecule has 0 bridgehead atoms. The molecule has 0 amide bonds. The molecule has 5 aromatic carbocycles. The first kappa shape index (κ1) is 21.0. The lowest BCUT2D eigenvalue weighted by molar-refractivity contribution is 1.07. The Hall–Kier alpha value is -4.34. The van der Waals surface area contributed by atoms with Crippen molar-refractivity contribution in [2.45, 2.75) is 6.42 Å². The molecule has 7 rings (SSSR count). The minimum absolute atomic E-state index is 0.194. The summed E-state index contributed by atoms with van der Waals surface area (Å²) in [5.74, 6) is 1.17. The lowest BCUT2D eigenvalue weighted by Gasteiger charge is -2.12. The molecule has 4 heteroatoms. The van der Waals surface area contributed by atoms with Gasteiger partial charge in [0.2, 0.25) is 5.28 Å². The third kappa shape index (κ3) is 3.48. The highest BCUT2D eigenvalue weighted by Crippen LogP contribution is 2.44. The Bertz CT molecular complexity index is 1770. The molecule has 170 valence electrons. The summed E-state index contributed by atoms with van der Waals surface area (Å²) in [6.07, 6.45) is 0.888. The van der Waals surface area contributed by atoms with Gasteiger partial charge in [-0.15, -0.1) is 0 Å². The Morgan fingerprint density at radius 2 is 1.28 bits per heavy atom. The number of rotatable bonds is 3. The van der Waals surface area contributed by atoms with Crippen LogP contribution in [-0.4, -0.2) is 15.0 Å². The number of hydrogen-bond acceptors (Lipinski definition) is 3. The van der Waals surface area contributed by atoms with Crippen LogP contribution in [0.25, 0.3) is 55.8 Å². The molecular weight excluding hydrogens is 462 g/mol. The number of nitrogens with zero attached hydrogens (tertiary/aromatic N) is 3. The SMILES string of the molecule is Clc1nc(-c2ccccc2)nc(-c2cccc3c2-c2cc(-c4cccc5ccccc45)ccc2C3)n1. The van der Waals surface area contributed by atoms with E-state index in [2.05, 4.69) is 88.8 Å². The van der Waals surface area contributed by atoms with Crippen LogP contribution >= 0.6 is 11.6 Å². The van der Waals surface area contributed by atoms with Gasteiger partial charge >= 0.3 is 0 Å². The van der Waals surface area contributed by atoms with Crippen LogP contribution in [0.2, 0.25) is 5.28 Å². The minimum atomic E-state index is 0.194. The van der Waals surface area contributed by atoms with E-state index in [1.165, 1.54) is 44.2 Å². The zero-order valence-corrected chi connectivity index (χ0v) is 20.1. The molecule has 0 saturated carbocycles. The first-order valence-electron chi connectivity index (χ1n) is 12.0. The summed E-state index contributed by atoms with van der Waals surface area (Å²) in [6.45, 7) is 0. The van der Waals surface area contributed by atoms with E-state index in [4.69, 9.17) is 16.6 Å². The maximum atomic E-state index is 6.40. The van der Waals surface area contributed by atoms with Crippen molar-refractivity contribution in [3.05, 3.63) is 126 Å². The summed E-state index contributed by atoms with van der Waals surface area (Å²) >= 11 is 6.40. The first-order chi connectivity index (χ1) is 17.7. The zero-order chi connectivity index (χ0) is 24.1. The van der Waals surface area contributed by atoms with Crippen molar-refractivity contribution in [1.29, 1.82) is 0 Å². The smallest absolute Gasteiger partial charge is 0.208 e. The van der Waals surface area contributed by atoms with Gasteiger partial charge in [-0.1, -0.05) is 103 Å². The van der Waals surface area contributed by atoms with Crippen molar-refractivity contribution >= 4 is 22.4 Å². The molecular formula is C32H20ClN3. The topological polar surface area (TPSA) is 38.7 Å². The van der Waals surface area contributed by atoms with Crippen LogP contribution in [0.3, 0.4) is 0 Å². The van der Waals surface area contributed by atoms with Crippen molar-refractivity contribution in [2.75, 3.05) is 0 Å². The summed E-state index contributed by atoms with van der Waals surface area (Å²) in [6, 6.07) is 38.1. The van der Waals surface area contributed by atoms with E-state index >= 15 is 0 Å². The lowest BCUT2D eigenvalue weighted by Crippen LogP contribution is -1.98. The van der Waals surface area contributed by atoms with Gasteiger partial charge < -0.3 is 0 Å². The van der Waals surface area contributed by atoms with E-state index < -0.39 is 0 Å². The predicted molar refractivity (Wildman–Crippen MR) is 147 cm³/mol. The van der Waals surface area contributed by atoms with Gasteiger partial charge in [0.1, 0.15) is 0 Å². The fraction of sp³-hybridized carbons (Fsp3) is 0.0312. The van der Waals surface area contributed by atoms with Crippen LogP contribution < -0.4 is 0 Å². The standard InChI is InChI=1S/C32H20ClN3/c33-32-35-30(21-9-2-1-3-10-21)34-31(36-32)27-15-7-12-24-18-22-16-17-23(19-28(22)29(24)27)26-14-6-11-20-8-4-5-13-25(20)26/h1-17,19H,18H2. The number of aromatic nitrogens is 3. The molecule has 1 aliphatic rings. The molecule has 0 fully saturated rings. The van der Waals surface area contributed by atoms with Crippen molar-refractivity contribution in [3.8, 4) is 45.0 Å². The van der Waals surface area contributed by atoms with E-state index in [0.717, 1.165) is 17.5 Å². The summed E-state index contributed by atoms with van der Waals surface area (Å²) < 4.78 is 0. The monoisotopic (exact) mass is 481 g/mol. The summed E-state index contributed by atoms with van der Waals surface area (Å²) in [5, 5.41) is 2.69. The Morgan fingerprint density at radius 3 is 2.19 bits per heavy atom.